The van der Waals surface area contributed by atoms with Crippen LogP contribution >= 0.6 is 0 Å². The summed E-state index contributed by atoms with van der Waals surface area (Å²) in [5.41, 5.74) is 0.467. The summed E-state index contributed by atoms with van der Waals surface area (Å²) in [7, 11) is 0. The largest absolute Gasteiger partial charge is 0.454 e. The van der Waals surface area contributed by atoms with Gasteiger partial charge >= 0.3 is 11.8 Å². The third-order valence-corrected chi connectivity index (χ3v) is 4.61. The third kappa shape index (κ3) is 3.40. The van der Waals surface area contributed by atoms with E-state index in [0.29, 0.717) is 23.8 Å². The molecule has 0 radical (unpaired) electrons. The molecule has 0 bridgehead atoms. The second-order valence-electron chi connectivity index (χ2n) is 6.40. The molecule has 1 spiro atoms. The van der Waals surface area contributed by atoms with Gasteiger partial charge in [0.25, 0.3) is 0 Å². The molecule has 4 rings (SSSR count). The number of amides is 2. The Morgan fingerprint density at radius 1 is 1.12 bits per heavy atom. The van der Waals surface area contributed by atoms with E-state index in [1.165, 1.54) is 0 Å². The van der Waals surface area contributed by atoms with E-state index in [4.69, 9.17) is 18.9 Å². The van der Waals surface area contributed by atoms with Gasteiger partial charge in [0.1, 0.15) is 6.10 Å². The van der Waals surface area contributed by atoms with Crippen LogP contribution in [-0.4, -0.2) is 43.7 Å². The van der Waals surface area contributed by atoms with E-state index in [1.807, 2.05) is 0 Å². The van der Waals surface area contributed by atoms with Crippen LogP contribution in [0.1, 0.15) is 25.7 Å². The van der Waals surface area contributed by atoms with Crippen LogP contribution in [0.2, 0.25) is 0 Å². The monoisotopic (exact) mass is 348 g/mol. The predicted molar refractivity (Wildman–Crippen MR) is 86.2 cm³/mol. The Morgan fingerprint density at radius 3 is 2.76 bits per heavy atom. The van der Waals surface area contributed by atoms with E-state index < -0.39 is 17.6 Å². The number of benzene rings is 1. The molecule has 1 aromatic rings. The molecule has 1 saturated carbocycles. The Hall–Kier alpha value is -2.32. The maximum atomic E-state index is 12.0. The van der Waals surface area contributed by atoms with Gasteiger partial charge < -0.3 is 29.6 Å². The number of fused-ring (bicyclic) bond motifs is 1. The molecule has 0 unspecified atom stereocenters. The summed E-state index contributed by atoms with van der Waals surface area (Å²) in [6, 6.07) is 4.95. The first-order valence-electron chi connectivity index (χ1n) is 8.44. The van der Waals surface area contributed by atoms with Crippen LogP contribution in [-0.2, 0) is 19.1 Å². The first-order chi connectivity index (χ1) is 12.1. The van der Waals surface area contributed by atoms with Gasteiger partial charge in [0.2, 0.25) is 6.79 Å². The highest BCUT2D eigenvalue weighted by atomic mass is 16.7. The molecule has 2 fully saturated rings. The van der Waals surface area contributed by atoms with Crippen molar-refractivity contribution in [2.45, 2.75) is 37.6 Å². The van der Waals surface area contributed by atoms with Gasteiger partial charge in [-0.25, -0.2) is 0 Å². The SMILES string of the molecule is O=C(NC[C@@H]1COC2(CCCC2)O1)C(=O)Nc1ccc2c(c1)OCO2. The number of carbonyl (C=O) groups excluding carboxylic acids is 2. The number of ether oxygens (including phenoxy) is 4. The van der Waals surface area contributed by atoms with Crippen molar-refractivity contribution >= 4 is 17.5 Å². The molecule has 8 heteroatoms. The summed E-state index contributed by atoms with van der Waals surface area (Å²) in [5, 5.41) is 5.13. The smallest absolute Gasteiger partial charge is 0.313 e. The first kappa shape index (κ1) is 16.2. The summed E-state index contributed by atoms with van der Waals surface area (Å²) < 4.78 is 22.1. The molecule has 25 heavy (non-hydrogen) atoms. The van der Waals surface area contributed by atoms with Crippen molar-refractivity contribution < 1.29 is 28.5 Å². The molecule has 8 nitrogen and oxygen atoms in total. The van der Waals surface area contributed by atoms with Crippen molar-refractivity contribution in [1.82, 2.24) is 5.32 Å². The Morgan fingerprint density at radius 2 is 1.92 bits per heavy atom. The second-order valence-corrected chi connectivity index (χ2v) is 6.40. The van der Waals surface area contributed by atoms with Crippen LogP contribution in [0.4, 0.5) is 5.69 Å². The lowest BCUT2D eigenvalue weighted by molar-refractivity contribution is -0.161. The molecule has 2 amide bonds. The lowest BCUT2D eigenvalue weighted by Gasteiger charge is -2.21. The topological polar surface area (TPSA) is 95.1 Å². The van der Waals surface area contributed by atoms with Gasteiger partial charge in [-0.05, 0) is 25.0 Å². The first-order valence-corrected chi connectivity index (χ1v) is 8.44. The molecule has 2 heterocycles. The fraction of sp³-hybridized carbons (Fsp3) is 0.529. The molecule has 1 atom stereocenters. The molecule has 3 aliphatic rings. The number of hydrogen-bond acceptors (Lipinski definition) is 6. The van der Waals surface area contributed by atoms with Crippen molar-refractivity contribution in [1.29, 1.82) is 0 Å². The minimum Gasteiger partial charge on any atom is -0.454 e. The van der Waals surface area contributed by atoms with Crippen LogP contribution in [0.25, 0.3) is 0 Å². The van der Waals surface area contributed by atoms with E-state index in [1.54, 1.807) is 18.2 Å². The molecule has 1 aliphatic carbocycles. The Balaban J connectivity index is 1.26. The van der Waals surface area contributed by atoms with Crippen molar-refractivity contribution in [3.63, 3.8) is 0 Å². The normalized spacial score (nSPS) is 23.0. The summed E-state index contributed by atoms with van der Waals surface area (Å²) >= 11 is 0. The quantitative estimate of drug-likeness (QED) is 0.796. The second kappa shape index (κ2) is 6.53. The zero-order valence-electron chi connectivity index (χ0n) is 13.7. The van der Waals surface area contributed by atoms with Crippen molar-refractivity contribution in [2.75, 3.05) is 25.3 Å². The molecular weight excluding hydrogens is 328 g/mol. The number of carbonyl (C=O) groups is 2. The highest BCUT2D eigenvalue weighted by Gasteiger charge is 2.43. The van der Waals surface area contributed by atoms with Crippen molar-refractivity contribution in [2.24, 2.45) is 0 Å². The van der Waals surface area contributed by atoms with E-state index in [9.17, 15) is 9.59 Å². The van der Waals surface area contributed by atoms with E-state index in [-0.39, 0.29) is 19.4 Å². The van der Waals surface area contributed by atoms with Crippen LogP contribution in [0.5, 0.6) is 11.5 Å². The molecular formula is C17H20N2O6. The maximum Gasteiger partial charge on any atom is 0.313 e. The highest BCUT2D eigenvalue weighted by Crippen LogP contribution is 2.39. The molecule has 0 aromatic heterocycles. The summed E-state index contributed by atoms with van der Waals surface area (Å²) in [6.45, 7) is 0.831. The van der Waals surface area contributed by atoms with Crippen LogP contribution in [0.15, 0.2) is 18.2 Å². The van der Waals surface area contributed by atoms with Gasteiger partial charge in [0, 0.05) is 31.1 Å². The Labute approximate surface area is 144 Å². The zero-order chi connectivity index (χ0) is 17.3. The fourth-order valence-corrected chi connectivity index (χ4v) is 3.34. The maximum absolute atomic E-state index is 12.0. The van der Waals surface area contributed by atoms with E-state index in [2.05, 4.69) is 10.6 Å². The third-order valence-electron chi connectivity index (χ3n) is 4.61. The Kier molecular flexibility index (Phi) is 4.22. The summed E-state index contributed by atoms with van der Waals surface area (Å²) in [4.78, 5) is 24.0. The molecule has 1 aromatic carbocycles. The van der Waals surface area contributed by atoms with Gasteiger partial charge in [-0.2, -0.15) is 0 Å². The number of hydrogen-bond donors (Lipinski definition) is 2. The van der Waals surface area contributed by atoms with Crippen molar-refractivity contribution in [3.8, 4) is 11.5 Å². The highest BCUT2D eigenvalue weighted by molar-refractivity contribution is 6.39. The van der Waals surface area contributed by atoms with Gasteiger partial charge in [0.05, 0.1) is 6.61 Å². The average molecular weight is 348 g/mol. The molecule has 2 N–H and O–H groups in total. The van der Waals surface area contributed by atoms with Crippen LogP contribution in [0, 0.1) is 0 Å². The lowest BCUT2D eigenvalue weighted by Crippen LogP contribution is -2.40. The van der Waals surface area contributed by atoms with Crippen LogP contribution in [0.3, 0.4) is 0 Å². The number of anilines is 1. The zero-order valence-corrected chi connectivity index (χ0v) is 13.7. The average Bonchev–Trinajstić information content (AvgIpc) is 3.34. The molecule has 1 saturated heterocycles. The van der Waals surface area contributed by atoms with Gasteiger partial charge in [-0.15, -0.1) is 0 Å². The van der Waals surface area contributed by atoms with Gasteiger partial charge in [-0.3, -0.25) is 9.59 Å². The summed E-state index contributed by atoms with van der Waals surface area (Å²) in [6.07, 6.45) is 3.75. The summed E-state index contributed by atoms with van der Waals surface area (Å²) in [5.74, 6) is -0.773. The molecule has 2 aliphatic heterocycles. The number of nitrogens with one attached hydrogen (secondary N) is 2. The minimum absolute atomic E-state index is 0.151. The van der Waals surface area contributed by atoms with E-state index in [0.717, 1.165) is 25.7 Å². The van der Waals surface area contributed by atoms with Gasteiger partial charge in [0.15, 0.2) is 17.3 Å². The Bertz CT molecular complexity index is 686. The van der Waals surface area contributed by atoms with Gasteiger partial charge in [-0.1, -0.05) is 0 Å². The van der Waals surface area contributed by atoms with Crippen LogP contribution < -0.4 is 20.1 Å². The number of rotatable bonds is 3. The van der Waals surface area contributed by atoms with Crippen molar-refractivity contribution in [3.05, 3.63) is 18.2 Å². The standard InChI is InChI=1S/C17H20N2O6/c20-15(18-8-12-9-24-17(25-12)5-1-2-6-17)16(21)19-11-3-4-13-14(7-11)23-10-22-13/h3-4,7,12H,1-2,5-6,8-10H2,(H,18,20)(H,19,21)/t12-/m1/s1. The predicted octanol–water partition coefficient (Wildman–Crippen LogP) is 1.16. The van der Waals surface area contributed by atoms with E-state index >= 15 is 0 Å². The fourth-order valence-electron chi connectivity index (χ4n) is 3.34. The lowest BCUT2D eigenvalue weighted by atomic mass is 10.2. The minimum atomic E-state index is -0.742. The molecule has 134 valence electrons.